The number of para-hydroxylation sites is 1. The zero-order valence-corrected chi connectivity index (χ0v) is 15.9. The lowest BCUT2D eigenvalue weighted by Gasteiger charge is -2.18. The summed E-state index contributed by atoms with van der Waals surface area (Å²) in [4.78, 5) is 37.0. The maximum Gasteiger partial charge on any atom is 0.361 e. The number of ether oxygens (including phenoxy) is 2. The van der Waals surface area contributed by atoms with E-state index in [0.717, 1.165) is 22.9 Å². The summed E-state index contributed by atoms with van der Waals surface area (Å²) in [5, 5.41) is 10.4. The molecule has 0 aliphatic rings. The van der Waals surface area contributed by atoms with Crippen LogP contribution in [0.3, 0.4) is 0 Å². The van der Waals surface area contributed by atoms with Gasteiger partial charge in [0.2, 0.25) is 11.6 Å². The normalized spacial score (nSPS) is 11.6. The molecule has 0 fully saturated rings. The Hall–Kier alpha value is -3.23. The number of hydrogen-bond acceptors (Lipinski definition) is 7. The van der Waals surface area contributed by atoms with E-state index in [9.17, 15) is 14.4 Å². The Labute approximate surface area is 156 Å². The Kier molecular flexibility index (Phi) is 6.27. The minimum Gasteiger partial charge on any atom is -0.464 e. The van der Waals surface area contributed by atoms with E-state index in [1.54, 1.807) is 6.92 Å². The third-order valence-corrected chi connectivity index (χ3v) is 4.17. The van der Waals surface area contributed by atoms with Crippen LogP contribution in [0.5, 0.6) is 0 Å². The molecule has 1 N–H and O–H groups in total. The van der Waals surface area contributed by atoms with Gasteiger partial charge in [0.1, 0.15) is 6.04 Å². The van der Waals surface area contributed by atoms with Gasteiger partial charge >= 0.3 is 11.9 Å². The van der Waals surface area contributed by atoms with Crippen LogP contribution in [0.2, 0.25) is 0 Å². The lowest BCUT2D eigenvalue weighted by atomic mass is 10.1. The first-order chi connectivity index (χ1) is 12.8. The summed E-state index contributed by atoms with van der Waals surface area (Å²) in [5.74, 6) is -2.06. The van der Waals surface area contributed by atoms with E-state index in [-0.39, 0.29) is 17.3 Å². The van der Waals surface area contributed by atoms with Crippen LogP contribution < -0.4 is 5.32 Å². The standard InChI is InChI=1S/C18H22N4O5/c1-6-12(16(23)19-13-10(2)8-7-9-11(13)3)22-15(18(25)27-5)14(20-21-22)17(24)26-4/h7-9,12H,6H2,1-5H3,(H,19,23)/t12-/m1/s1. The molecule has 27 heavy (non-hydrogen) atoms. The monoisotopic (exact) mass is 374 g/mol. The summed E-state index contributed by atoms with van der Waals surface area (Å²) in [6.07, 6.45) is 0.310. The van der Waals surface area contributed by atoms with Gasteiger partial charge in [0.25, 0.3) is 0 Å². The Bertz CT molecular complexity index is 854. The molecule has 1 heterocycles. The fourth-order valence-corrected chi connectivity index (χ4v) is 2.72. The van der Waals surface area contributed by atoms with E-state index >= 15 is 0 Å². The molecule has 144 valence electrons. The number of esters is 2. The molecule has 2 rings (SSSR count). The van der Waals surface area contributed by atoms with Crippen molar-refractivity contribution in [3.05, 3.63) is 40.7 Å². The lowest BCUT2D eigenvalue weighted by Crippen LogP contribution is -2.30. The molecule has 1 atom stereocenters. The maximum atomic E-state index is 12.9. The van der Waals surface area contributed by atoms with Gasteiger partial charge in [-0.15, -0.1) is 5.10 Å². The van der Waals surface area contributed by atoms with Crippen molar-refractivity contribution < 1.29 is 23.9 Å². The van der Waals surface area contributed by atoms with E-state index in [0.29, 0.717) is 12.1 Å². The Balaban J connectivity index is 2.45. The second-order valence-corrected chi connectivity index (χ2v) is 5.89. The number of nitrogens with one attached hydrogen (secondary N) is 1. The van der Waals surface area contributed by atoms with Crippen LogP contribution in [-0.2, 0) is 14.3 Å². The quantitative estimate of drug-likeness (QED) is 0.770. The van der Waals surface area contributed by atoms with Crippen LogP contribution in [0.4, 0.5) is 5.69 Å². The molecule has 0 spiro atoms. The first kappa shape index (κ1) is 20.1. The molecule has 9 nitrogen and oxygen atoms in total. The summed E-state index contributed by atoms with van der Waals surface area (Å²) >= 11 is 0. The third-order valence-electron chi connectivity index (χ3n) is 4.17. The smallest absolute Gasteiger partial charge is 0.361 e. The predicted octanol–water partition coefficient (Wildman–Crippen LogP) is 2.06. The maximum absolute atomic E-state index is 12.9. The number of methoxy groups -OCH3 is 2. The van der Waals surface area contributed by atoms with Gasteiger partial charge in [-0.3, -0.25) is 4.79 Å². The van der Waals surface area contributed by atoms with Crippen LogP contribution in [0.15, 0.2) is 18.2 Å². The van der Waals surface area contributed by atoms with Gasteiger partial charge < -0.3 is 14.8 Å². The van der Waals surface area contributed by atoms with Gasteiger partial charge in [-0.05, 0) is 31.4 Å². The predicted molar refractivity (Wildman–Crippen MR) is 96.6 cm³/mol. The molecule has 0 unspecified atom stereocenters. The zero-order valence-electron chi connectivity index (χ0n) is 15.9. The number of nitrogens with zero attached hydrogens (tertiary/aromatic N) is 3. The summed E-state index contributed by atoms with van der Waals surface area (Å²) in [6.45, 7) is 5.53. The van der Waals surface area contributed by atoms with Crippen molar-refractivity contribution in [2.75, 3.05) is 19.5 Å². The topological polar surface area (TPSA) is 112 Å². The fourth-order valence-electron chi connectivity index (χ4n) is 2.72. The largest absolute Gasteiger partial charge is 0.464 e. The molecular weight excluding hydrogens is 352 g/mol. The molecule has 0 aliphatic heterocycles. The number of carbonyl (C=O) groups is 3. The molecule has 2 aromatic rings. The van der Waals surface area contributed by atoms with Gasteiger partial charge in [-0.1, -0.05) is 30.3 Å². The number of anilines is 1. The SMILES string of the molecule is CC[C@H](C(=O)Nc1c(C)cccc1C)n1nnc(C(=O)OC)c1C(=O)OC. The molecule has 1 aromatic carbocycles. The lowest BCUT2D eigenvalue weighted by molar-refractivity contribution is -0.119. The minimum atomic E-state index is -0.871. The molecule has 0 saturated heterocycles. The van der Waals surface area contributed by atoms with Gasteiger partial charge in [0, 0.05) is 5.69 Å². The highest BCUT2D eigenvalue weighted by Crippen LogP contribution is 2.23. The third kappa shape index (κ3) is 3.97. The number of benzene rings is 1. The number of aromatic nitrogens is 3. The summed E-state index contributed by atoms with van der Waals surface area (Å²) in [7, 11) is 2.33. The molecule has 0 aliphatic carbocycles. The molecule has 0 radical (unpaired) electrons. The van der Waals surface area contributed by atoms with E-state index in [1.165, 1.54) is 7.11 Å². The van der Waals surface area contributed by atoms with E-state index in [4.69, 9.17) is 4.74 Å². The number of carbonyl (C=O) groups excluding carboxylic acids is 3. The van der Waals surface area contributed by atoms with Gasteiger partial charge in [-0.2, -0.15) is 0 Å². The van der Waals surface area contributed by atoms with Crippen molar-refractivity contribution >= 4 is 23.5 Å². The number of hydrogen-bond donors (Lipinski definition) is 1. The fraction of sp³-hybridized carbons (Fsp3) is 0.389. The van der Waals surface area contributed by atoms with Crippen LogP contribution >= 0.6 is 0 Å². The highest BCUT2D eigenvalue weighted by atomic mass is 16.5. The Morgan fingerprint density at radius 1 is 1.11 bits per heavy atom. The number of aryl methyl sites for hydroxylation is 2. The highest BCUT2D eigenvalue weighted by molar-refractivity contribution is 6.01. The summed E-state index contributed by atoms with van der Waals surface area (Å²) < 4.78 is 10.4. The van der Waals surface area contributed by atoms with E-state index in [1.807, 2.05) is 32.0 Å². The summed E-state index contributed by atoms with van der Waals surface area (Å²) in [6, 6.07) is 4.79. The van der Waals surface area contributed by atoms with Gasteiger partial charge in [-0.25, -0.2) is 14.3 Å². The van der Waals surface area contributed by atoms with Crippen molar-refractivity contribution in [1.82, 2.24) is 15.0 Å². The number of amides is 1. The van der Waals surface area contributed by atoms with Crippen molar-refractivity contribution in [3.8, 4) is 0 Å². The van der Waals surface area contributed by atoms with Crippen molar-refractivity contribution in [2.45, 2.75) is 33.2 Å². The van der Waals surface area contributed by atoms with Crippen LogP contribution in [0.1, 0.15) is 51.5 Å². The van der Waals surface area contributed by atoms with Crippen molar-refractivity contribution in [3.63, 3.8) is 0 Å². The number of rotatable bonds is 6. The molecule has 0 bridgehead atoms. The van der Waals surface area contributed by atoms with Crippen molar-refractivity contribution in [2.24, 2.45) is 0 Å². The molecule has 0 saturated carbocycles. The van der Waals surface area contributed by atoms with Crippen LogP contribution in [-0.4, -0.2) is 47.1 Å². The first-order valence-electron chi connectivity index (χ1n) is 8.34. The van der Waals surface area contributed by atoms with E-state index in [2.05, 4.69) is 20.4 Å². The summed E-state index contributed by atoms with van der Waals surface area (Å²) in [5.41, 5.74) is 1.96. The van der Waals surface area contributed by atoms with Crippen molar-refractivity contribution in [1.29, 1.82) is 0 Å². The average molecular weight is 374 g/mol. The Morgan fingerprint density at radius 3 is 2.22 bits per heavy atom. The first-order valence-corrected chi connectivity index (χ1v) is 8.34. The Morgan fingerprint density at radius 2 is 1.70 bits per heavy atom. The highest BCUT2D eigenvalue weighted by Gasteiger charge is 2.32. The minimum absolute atomic E-state index is 0.229. The van der Waals surface area contributed by atoms with Crippen LogP contribution in [0.25, 0.3) is 0 Å². The van der Waals surface area contributed by atoms with Gasteiger partial charge in [0.05, 0.1) is 14.2 Å². The zero-order chi connectivity index (χ0) is 20.1. The van der Waals surface area contributed by atoms with E-state index < -0.39 is 18.0 Å². The average Bonchev–Trinajstić information content (AvgIpc) is 3.09. The van der Waals surface area contributed by atoms with Crippen LogP contribution in [0, 0.1) is 13.8 Å². The second-order valence-electron chi connectivity index (χ2n) is 5.89. The van der Waals surface area contributed by atoms with Gasteiger partial charge in [0.15, 0.2) is 5.69 Å². The molecule has 1 aromatic heterocycles. The molecule has 9 heteroatoms. The molecular formula is C18H22N4O5. The molecule has 1 amide bonds. The second kappa shape index (κ2) is 8.43.